The first kappa shape index (κ1) is 22.7. The molecule has 0 aliphatic carbocycles. The van der Waals surface area contributed by atoms with Crippen LogP contribution in [0.4, 0.5) is 0 Å². The van der Waals surface area contributed by atoms with Gasteiger partial charge in [0.1, 0.15) is 17.6 Å². The van der Waals surface area contributed by atoms with E-state index in [1.165, 1.54) is 4.90 Å². The Bertz CT molecular complexity index is 1340. The third-order valence-electron chi connectivity index (χ3n) is 6.70. The number of imide groups is 1. The van der Waals surface area contributed by atoms with Gasteiger partial charge in [0.05, 0.1) is 0 Å². The fourth-order valence-electron chi connectivity index (χ4n) is 4.85. The lowest BCUT2D eigenvalue weighted by Crippen LogP contribution is -2.52. The van der Waals surface area contributed by atoms with E-state index in [4.69, 9.17) is 0 Å². The minimum Gasteiger partial charge on any atom is -0.322 e. The fraction of sp³-hybridized carbons (Fsp3) is 0.296. The van der Waals surface area contributed by atoms with E-state index in [1.807, 2.05) is 54.1 Å². The van der Waals surface area contributed by atoms with E-state index in [-0.39, 0.29) is 24.0 Å². The van der Waals surface area contributed by atoms with Gasteiger partial charge in [-0.2, -0.15) is 0 Å². The molecule has 0 radical (unpaired) electrons. The van der Waals surface area contributed by atoms with E-state index in [0.717, 1.165) is 28.2 Å². The number of benzene rings is 2. The fourth-order valence-corrected chi connectivity index (χ4v) is 4.85. The van der Waals surface area contributed by atoms with E-state index in [2.05, 4.69) is 10.3 Å². The van der Waals surface area contributed by atoms with E-state index in [9.17, 15) is 19.2 Å². The van der Waals surface area contributed by atoms with Crippen molar-refractivity contribution in [3.63, 3.8) is 0 Å². The molecule has 1 unspecified atom stereocenters. The average molecular weight is 471 g/mol. The largest absolute Gasteiger partial charge is 0.322 e. The van der Waals surface area contributed by atoms with Gasteiger partial charge in [-0.15, -0.1) is 0 Å². The van der Waals surface area contributed by atoms with Crippen LogP contribution in [0, 0.1) is 6.92 Å². The summed E-state index contributed by atoms with van der Waals surface area (Å²) >= 11 is 0. The number of hydrogen-bond acceptors (Lipinski definition) is 5. The second kappa shape index (κ2) is 9.29. The molecule has 1 N–H and O–H groups in total. The van der Waals surface area contributed by atoms with Gasteiger partial charge < -0.3 is 9.47 Å². The number of rotatable bonds is 7. The summed E-state index contributed by atoms with van der Waals surface area (Å²) in [5.74, 6) is 0.127. The van der Waals surface area contributed by atoms with Crippen molar-refractivity contribution in [3.05, 3.63) is 82.9 Å². The SMILES string of the molecule is Cc1nccn1-c1cccc(CC(=O)CCc2ccc3c(c2)CN(C2CCC(=O)NC2=O)C3=O)c1. The number of aryl methyl sites for hydroxylation is 2. The molecule has 178 valence electrons. The zero-order valence-corrected chi connectivity index (χ0v) is 19.5. The number of imidazole rings is 1. The molecule has 0 saturated carbocycles. The van der Waals surface area contributed by atoms with Crippen molar-refractivity contribution >= 4 is 23.5 Å². The van der Waals surface area contributed by atoms with Crippen LogP contribution in [-0.4, -0.2) is 44.0 Å². The Kier molecular flexibility index (Phi) is 6.03. The number of piperidine rings is 1. The van der Waals surface area contributed by atoms with Gasteiger partial charge >= 0.3 is 0 Å². The predicted molar refractivity (Wildman–Crippen MR) is 128 cm³/mol. The molecule has 3 aromatic rings. The highest BCUT2D eigenvalue weighted by Gasteiger charge is 2.39. The van der Waals surface area contributed by atoms with E-state index in [0.29, 0.717) is 37.8 Å². The number of Topliss-reactive ketones (excluding diaryl/α,β-unsaturated/α-hetero) is 1. The molecule has 1 fully saturated rings. The van der Waals surface area contributed by atoms with Gasteiger partial charge in [-0.05, 0) is 54.7 Å². The van der Waals surface area contributed by atoms with Crippen LogP contribution < -0.4 is 5.32 Å². The van der Waals surface area contributed by atoms with Crippen LogP contribution in [0.5, 0.6) is 0 Å². The molecule has 2 aliphatic rings. The summed E-state index contributed by atoms with van der Waals surface area (Å²) in [5, 5.41) is 2.32. The van der Waals surface area contributed by atoms with E-state index in [1.54, 1.807) is 12.3 Å². The van der Waals surface area contributed by atoms with Crippen LogP contribution in [0.2, 0.25) is 0 Å². The van der Waals surface area contributed by atoms with Gasteiger partial charge in [0, 0.05) is 49.5 Å². The number of nitrogens with one attached hydrogen (secondary N) is 1. The number of aromatic nitrogens is 2. The molecule has 3 amide bonds. The maximum Gasteiger partial charge on any atom is 0.255 e. The van der Waals surface area contributed by atoms with Gasteiger partial charge in [0.2, 0.25) is 11.8 Å². The molecule has 1 atom stereocenters. The van der Waals surface area contributed by atoms with Gasteiger partial charge in [0.25, 0.3) is 5.91 Å². The summed E-state index contributed by atoms with van der Waals surface area (Å²) in [6.45, 7) is 2.27. The summed E-state index contributed by atoms with van der Waals surface area (Å²) in [7, 11) is 0. The quantitative estimate of drug-likeness (QED) is 0.535. The average Bonchev–Trinajstić information content (AvgIpc) is 3.41. The van der Waals surface area contributed by atoms with Crippen molar-refractivity contribution in [2.75, 3.05) is 0 Å². The van der Waals surface area contributed by atoms with Crippen molar-refractivity contribution in [3.8, 4) is 5.69 Å². The maximum atomic E-state index is 12.8. The van der Waals surface area contributed by atoms with Crippen molar-refractivity contribution in [1.82, 2.24) is 19.8 Å². The molecule has 3 heterocycles. The number of ketones is 1. The number of carbonyl (C=O) groups excluding carboxylic acids is 4. The van der Waals surface area contributed by atoms with Crippen molar-refractivity contribution < 1.29 is 19.2 Å². The first-order valence-corrected chi connectivity index (χ1v) is 11.8. The van der Waals surface area contributed by atoms with Crippen molar-refractivity contribution in [2.45, 2.75) is 51.6 Å². The Morgan fingerprint density at radius 1 is 1.11 bits per heavy atom. The molecular formula is C27H26N4O4. The molecule has 2 aromatic carbocycles. The molecule has 0 spiro atoms. The maximum absolute atomic E-state index is 12.8. The topological polar surface area (TPSA) is 101 Å². The molecule has 35 heavy (non-hydrogen) atoms. The Hall–Kier alpha value is -4.07. The summed E-state index contributed by atoms with van der Waals surface area (Å²) in [6, 6.07) is 12.9. The Balaban J connectivity index is 1.20. The van der Waals surface area contributed by atoms with E-state index < -0.39 is 11.9 Å². The van der Waals surface area contributed by atoms with Gasteiger partial charge in [-0.1, -0.05) is 24.3 Å². The highest BCUT2D eigenvalue weighted by Crippen LogP contribution is 2.28. The Morgan fingerprint density at radius 3 is 2.74 bits per heavy atom. The second-order valence-corrected chi connectivity index (χ2v) is 9.12. The van der Waals surface area contributed by atoms with Crippen LogP contribution in [0.1, 0.15) is 52.1 Å². The molecule has 0 bridgehead atoms. The third kappa shape index (κ3) is 4.64. The molecule has 2 aliphatic heterocycles. The smallest absolute Gasteiger partial charge is 0.255 e. The van der Waals surface area contributed by atoms with Crippen molar-refractivity contribution in [1.29, 1.82) is 0 Å². The zero-order valence-electron chi connectivity index (χ0n) is 19.5. The van der Waals surface area contributed by atoms with Crippen LogP contribution in [0.3, 0.4) is 0 Å². The monoisotopic (exact) mass is 470 g/mol. The Morgan fingerprint density at radius 2 is 1.97 bits per heavy atom. The lowest BCUT2D eigenvalue weighted by molar-refractivity contribution is -0.137. The highest BCUT2D eigenvalue weighted by atomic mass is 16.2. The summed E-state index contributed by atoms with van der Waals surface area (Å²) in [5.41, 5.74) is 4.36. The standard InChI is InChI=1S/C27H26N4O4/c1-17-28-11-12-30(17)21-4-2-3-19(14-21)15-22(32)7-5-18-6-8-23-20(13-18)16-31(27(23)35)24-9-10-25(33)29-26(24)34/h2-4,6,8,11-14,24H,5,7,9-10,15-16H2,1H3,(H,29,33,34). The molecular weight excluding hydrogens is 444 g/mol. The molecule has 8 nitrogen and oxygen atoms in total. The summed E-state index contributed by atoms with van der Waals surface area (Å²) in [4.78, 5) is 55.0. The number of nitrogens with zero attached hydrogens (tertiary/aromatic N) is 3. The first-order valence-electron chi connectivity index (χ1n) is 11.8. The van der Waals surface area contributed by atoms with Gasteiger partial charge in [-0.3, -0.25) is 24.5 Å². The minimum absolute atomic E-state index is 0.145. The minimum atomic E-state index is -0.625. The molecule has 1 saturated heterocycles. The van der Waals surface area contributed by atoms with Gasteiger partial charge in [0.15, 0.2) is 0 Å². The summed E-state index contributed by atoms with van der Waals surface area (Å²) < 4.78 is 1.98. The number of carbonyl (C=O) groups is 4. The van der Waals surface area contributed by atoms with Crippen LogP contribution in [0.15, 0.2) is 54.9 Å². The summed E-state index contributed by atoms with van der Waals surface area (Å²) in [6.07, 6.45) is 5.56. The van der Waals surface area contributed by atoms with Crippen LogP contribution in [-0.2, 0) is 33.8 Å². The molecule has 1 aromatic heterocycles. The zero-order chi connectivity index (χ0) is 24.5. The Labute approximate surface area is 203 Å². The molecule has 5 rings (SSSR count). The first-order chi connectivity index (χ1) is 16.9. The third-order valence-corrected chi connectivity index (χ3v) is 6.70. The molecule has 8 heteroatoms. The normalized spacial score (nSPS) is 17.5. The number of hydrogen-bond donors (Lipinski definition) is 1. The van der Waals surface area contributed by atoms with Crippen molar-refractivity contribution in [2.24, 2.45) is 0 Å². The second-order valence-electron chi connectivity index (χ2n) is 9.12. The van der Waals surface area contributed by atoms with Crippen LogP contribution in [0.25, 0.3) is 5.69 Å². The lowest BCUT2D eigenvalue weighted by atomic mass is 9.99. The van der Waals surface area contributed by atoms with Crippen LogP contribution >= 0.6 is 0 Å². The number of amides is 3. The highest BCUT2D eigenvalue weighted by molar-refractivity contribution is 6.05. The van der Waals surface area contributed by atoms with Gasteiger partial charge in [-0.25, -0.2) is 4.98 Å². The predicted octanol–water partition coefficient (Wildman–Crippen LogP) is 2.69. The lowest BCUT2D eigenvalue weighted by Gasteiger charge is -2.29. The number of fused-ring (bicyclic) bond motifs is 1. The van der Waals surface area contributed by atoms with E-state index >= 15 is 0 Å².